The summed E-state index contributed by atoms with van der Waals surface area (Å²) in [6, 6.07) is 12.8. The maximum Gasteiger partial charge on any atom is 0.310 e. The second-order valence-corrected chi connectivity index (χ2v) is 11.5. The summed E-state index contributed by atoms with van der Waals surface area (Å²) in [7, 11) is 0. The van der Waals surface area contributed by atoms with Gasteiger partial charge in [-0.05, 0) is 55.3 Å². The van der Waals surface area contributed by atoms with Crippen LogP contribution in [0, 0.1) is 6.01 Å². The van der Waals surface area contributed by atoms with Gasteiger partial charge in [-0.2, -0.15) is 17.0 Å². The van der Waals surface area contributed by atoms with E-state index < -0.39 is 6.01 Å². The molecule has 2 aromatic heterocycles. The molecule has 0 radical (unpaired) electrons. The van der Waals surface area contributed by atoms with E-state index in [1.165, 1.54) is 13.0 Å². The monoisotopic (exact) mass is 598 g/mol. The van der Waals surface area contributed by atoms with Gasteiger partial charge in [-0.25, -0.2) is 0 Å². The van der Waals surface area contributed by atoms with Gasteiger partial charge in [0.25, 0.3) is 6.01 Å². The summed E-state index contributed by atoms with van der Waals surface area (Å²) in [5, 5.41) is 0.578. The zero-order valence-corrected chi connectivity index (χ0v) is 26.3. The van der Waals surface area contributed by atoms with Gasteiger partial charge in [0.1, 0.15) is 17.9 Å². The lowest BCUT2D eigenvalue weighted by molar-refractivity contribution is -0.142. The number of nitrogens with two attached hydrogens (primary N) is 1. The average molecular weight is 599 g/mol. The number of carbonyl (C=O) groups excluding carboxylic acids is 2. The summed E-state index contributed by atoms with van der Waals surface area (Å²) in [5.41, 5.74) is 10.1. The van der Waals surface area contributed by atoms with Crippen LogP contribution >= 0.6 is 12.6 Å². The van der Waals surface area contributed by atoms with Crippen LogP contribution in [0.1, 0.15) is 77.1 Å². The largest absolute Gasteiger partial charge is 0.489 e. The van der Waals surface area contributed by atoms with E-state index in [-0.39, 0.29) is 44.1 Å². The molecule has 0 bridgehead atoms. The Morgan fingerprint density at radius 2 is 1.79 bits per heavy atom. The number of halogens is 1. The van der Waals surface area contributed by atoms with Crippen molar-refractivity contribution in [2.45, 2.75) is 72.8 Å². The minimum atomic E-state index is -0.696. The lowest BCUT2D eigenvalue weighted by Crippen LogP contribution is -2.10. The summed E-state index contributed by atoms with van der Waals surface area (Å²) < 4.78 is 30.6. The first-order valence-electron chi connectivity index (χ1n) is 13.9. The van der Waals surface area contributed by atoms with Crippen molar-refractivity contribution in [2.24, 2.45) is 5.73 Å². The van der Waals surface area contributed by atoms with E-state index in [1.54, 1.807) is 43.5 Å². The predicted octanol–water partition coefficient (Wildman–Crippen LogP) is 7.97. The average Bonchev–Trinajstić information content (AvgIpc) is 3.32. The number of esters is 1. The van der Waals surface area contributed by atoms with Crippen LogP contribution in [-0.4, -0.2) is 28.1 Å². The Morgan fingerprint density at radius 3 is 2.40 bits per heavy atom. The van der Waals surface area contributed by atoms with Crippen molar-refractivity contribution < 1.29 is 29.3 Å². The van der Waals surface area contributed by atoms with Crippen molar-refractivity contribution in [3.63, 3.8) is 0 Å². The minimum absolute atomic E-state index is 0. The molecule has 2 N–H and O–H groups in total. The van der Waals surface area contributed by atoms with E-state index in [1.807, 2.05) is 26.0 Å². The van der Waals surface area contributed by atoms with Gasteiger partial charge < -0.3 is 19.6 Å². The van der Waals surface area contributed by atoms with Gasteiger partial charge in [0.05, 0.1) is 18.7 Å². The molecule has 0 spiro atoms. The van der Waals surface area contributed by atoms with Gasteiger partial charge in [-0.15, -0.1) is 0 Å². The first-order chi connectivity index (χ1) is 19.9. The number of hydrogen-bond donors (Lipinski definition) is 2. The van der Waals surface area contributed by atoms with Crippen molar-refractivity contribution in [3.05, 3.63) is 83.1 Å². The molecule has 0 amide bonds. The lowest BCUT2D eigenvalue weighted by Gasteiger charge is -2.14. The second-order valence-electron chi connectivity index (χ2n) is 10.2. The highest BCUT2D eigenvalue weighted by Gasteiger charge is 2.16. The summed E-state index contributed by atoms with van der Waals surface area (Å²) in [6.07, 6.45) is 1.65. The van der Waals surface area contributed by atoms with Crippen molar-refractivity contribution >= 4 is 35.4 Å². The van der Waals surface area contributed by atoms with E-state index in [4.69, 9.17) is 19.6 Å². The number of hydrogen-bond acceptors (Lipinski definition) is 8. The molecule has 0 aliphatic carbocycles. The van der Waals surface area contributed by atoms with Crippen molar-refractivity contribution in [1.29, 1.82) is 0 Å². The number of aromatic nitrogens is 1. The number of pyridine rings is 1. The van der Waals surface area contributed by atoms with E-state index in [2.05, 4.69) is 38.4 Å². The van der Waals surface area contributed by atoms with Crippen LogP contribution in [0.15, 0.2) is 59.1 Å². The fraction of sp³-hybridized carbons (Fsp3) is 0.364. The molecule has 9 heteroatoms. The highest BCUT2D eigenvalue weighted by Crippen LogP contribution is 2.33. The fourth-order valence-corrected chi connectivity index (χ4v) is 3.82. The summed E-state index contributed by atoms with van der Waals surface area (Å²) >= 11 is 4.12. The molecule has 0 unspecified atom stereocenters. The van der Waals surface area contributed by atoms with E-state index in [0.29, 0.717) is 39.1 Å². The first kappa shape index (κ1) is 34.5. The second kappa shape index (κ2) is 16.1. The molecule has 0 atom stereocenters. The molecule has 228 valence electrons. The molecule has 4 aromatic rings. The van der Waals surface area contributed by atoms with Crippen molar-refractivity contribution in [2.75, 3.05) is 6.61 Å². The third kappa shape index (κ3) is 10.6. The number of nitrogens with zero attached hydrogens (tertiary/aromatic N) is 1. The standard InChI is InChI=1S/C27H25FN2O5.C4H10S.C2H6.H2/c1-3-33-26(32)13-20-5-4-18(16(2)31)11-24(20)34-15-17-8-21-12-25(28)35-27(21)23(9-17)19-6-7-30-22(10-19)14-29;1-4(2,3)5;1-2;/h4-12H,3,13-15,29H2,1-2H3;5H,1-3H3;1-2H3;1H. The number of carbonyl (C=O) groups is 2. The Hall–Kier alpha value is -3.69. The van der Waals surface area contributed by atoms with E-state index in [0.717, 1.165) is 11.1 Å². The van der Waals surface area contributed by atoms with Gasteiger partial charge in [0.15, 0.2) is 5.78 Å². The Morgan fingerprint density at radius 1 is 1.10 bits per heavy atom. The summed E-state index contributed by atoms with van der Waals surface area (Å²) in [4.78, 5) is 28.2. The van der Waals surface area contributed by atoms with Gasteiger partial charge in [-0.3, -0.25) is 14.6 Å². The number of benzene rings is 2. The number of ketones is 1. The zero-order valence-electron chi connectivity index (χ0n) is 25.4. The molecule has 0 aliphatic heterocycles. The van der Waals surface area contributed by atoms with E-state index >= 15 is 0 Å². The normalized spacial score (nSPS) is 10.7. The van der Waals surface area contributed by atoms with Crippen LogP contribution in [0.2, 0.25) is 0 Å². The molecule has 0 fully saturated rings. The maximum absolute atomic E-state index is 14.0. The molecule has 7 nitrogen and oxygen atoms in total. The number of fused-ring (bicyclic) bond motifs is 1. The SMILES string of the molecule is CC.CC(C)(C)S.CCOC(=O)Cc1ccc(C(C)=O)cc1OCc1cc(-c2ccnc(CN)c2)c2oc(F)cc2c1.[HH]. The maximum atomic E-state index is 14.0. The van der Waals surface area contributed by atoms with Gasteiger partial charge >= 0.3 is 5.97 Å². The quantitative estimate of drug-likeness (QED) is 0.114. The molecule has 0 saturated carbocycles. The first-order valence-corrected chi connectivity index (χ1v) is 14.3. The number of ether oxygens (including phenoxy) is 2. The van der Waals surface area contributed by atoms with Crippen molar-refractivity contribution in [3.8, 4) is 16.9 Å². The Balaban J connectivity index is 0.00000105. The Bertz CT molecular complexity index is 1490. The number of furan rings is 1. The Kier molecular flexibility index (Phi) is 13.2. The number of Topliss-reactive ketones (excluding diaryl/α,β-unsaturated/α-hetero) is 1. The molecule has 4 rings (SSSR count). The van der Waals surface area contributed by atoms with Crippen LogP contribution in [0.4, 0.5) is 4.39 Å². The van der Waals surface area contributed by atoms with E-state index in [9.17, 15) is 14.0 Å². The van der Waals surface area contributed by atoms with Crippen LogP contribution in [0.3, 0.4) is 0 Å². The predicted molar refractivity (Wildman–Crippen MR) is 171 cm³/mol. The third-order valence-corrected chi connectivity index (χ3v) is 5.49. The highest BCUT2D eigenvalue weighted by atomic mass is 32.1. The smallest absolute Gasteiger partial charge is 0.310 e. The summed E-state index contributed by atoms with van der Waals surface area (Å²) in [6.45, 7) is 14.0. The third-order valence-electron chi connectivity index (χ3n) is 5.49. The van der Waals surface area contributed by atoms with Gasteiger partial charge in [-0.1, -0.05) is 46.8 Å². The number of thiol groups is 1. The number of rotatable bonds is 9. The Labute approximate surface area is 254 Å². The highest BCUT2D eigenvalue weighted by molar-refractivity contribution is 7.81. The van der Waals surface area contributed by atoms with Gasteiger partial charge in [0, 0.05) is 47.1 Å². The summed E-state index contributed by atoms with van der Waals surface area (Å²) in [5.74, 6) is -0.109. The van der Waals surface area contributed by atoms with Crippen LogP contribution in [-0.2, 0) is 29.1 Å². The zero-order chi connectivity index (χ0) is 31.4. The molecule has 0 aliphatic rings. The topological polar surface area (TPSA) is 105 Å². The molecular weight excluding hydrogens is 555 g/mol. The fourth-order valence-electron chi connectivity index (χ4n) is 3.82. The molecule has 2 aromatic carbocycles. The van der Waals surface area contributed by atoms with Crippen LogP contribution in [0.5, 0.6) is 5.75 Å². The molecular formula is C33H43FN2O5S. The van der Waals surface area contributed by atoms with Crippen molar-refractivity contribution in [1.82, 2.24) is 4.98 Å². The molecule has 2 heterocycles. The van der Waals surface area contributed by atoms with Gasteiger partial charge in [0.2, 0.25) is 0 Å². The minimum Gasteiger partial charge on any atom is -0.489 e. The lowest BCUT2D eigenvalue weighted by atomic mass is 10.0. The van der Waals surface area contributed by atoms with Crippen LogP contribution in [0.25, 0.3) is 22.1 Å². The van der Waals surface area contributed by atoms with Crippen LogP contribution < -0.4 is 10.5 Å². The molecule has 42 heavy (non-hydrogen) atoms. The molecule has 0 saturated heterocycles.